The van der Waals surface area contributed by atoms with E-state index in [0.717, 1.165) is 35.1 Å². The van der Waals surface area contributed by atoms with Gasteiger partial charge >= 0.3 is 0 Å². The monoisotopic (exact) mass is 356 g/mol. The van der Waals surface area contributed by atoms with Crippen LogP contribution < -0.4 is 14.8 Å². The minimum atomic E-state index is 0.552. The van der Waals surface area contributed by atoms with Gasteiger partial charge in [0, 0.05) is 29.6 Å². The number of halogens is 1. The number of hydrogen-bond donors (Lipinski definition) is 1. The van der Waals surface area contributed by atoms with Crippen LogP contribution >= 0.6 is 15.9 Å². The van der Waals surface area contributed by atoms with Gasteiger partial charge < -0.3 is 14.8 Å². The van der Waals surface area contributed by atoms with Gasteiger partial charge in [0.2, 0.25) is 0 Å². The summed E-state index contributed by atoms with van der Waals surface area (Å²) in [5, 5.41) is 3.53. The maximum Gasteiger partial charge on any atom is 0.161 e. The highest BCUT2D eigenvalue weighted by atomic mass is 79.9. The third-order valence-corrected chi connectivity index (χ3v) is 4.86. The van der Waals surface area contributed by atoms with Gasteiger partial charge in [0.25, 0.3) is 0 Å². The molecule has 1 saturated carbocycles. The molecule has 4 nitrogen and oxygen atoms in total. The summed E-state index contributed by atoms with van der Waals surface area (Å²) in [7, 11) is 5.53. The molecule has 5 heteroatoms. The molecule has 0 aliphatic heterocycles. The van der Waals surface area contributed by atoms with Crippen molar-refractivity contribution in [3.05, 3.63) is 22.2 Å². The topological polar surface area (TPSA) is 33.7 Å². The average molecular weight is 357 g/mol. The minimum absolute atomic E-state index is 0.552. The Hall–Kier alpha value is -0.780. The minimum Gasteiger partial charge on any atom is -0.493 e. The Balaban J connectivity index is 1.90. The van der Waals surface area contributed by atoms with E-state index < -0.39 is 0 Å². The highest BCUT2D eigenvalue weighted by Crippen LogP contribution is 2.33. The van der Waals surface area contributed by atoms with Gasteiger partial charge in [0.05, 0.1) is 14.2 Å². The fraction of sp³-hybridized carbons (Fsp3) is 0.625. The van der Waals surface area contributed by atoms with Crippen LogP contribution in [-0.4, -0.2) is 44.8 Å². The van der Waals surface area contributed by atoms with Gasteiger partial charge in [-0.15, -0.1) is 0 Å². The number of methoxy groups -OCH3 is 2. The van der Waals surface area contributed by atoms with Gasteiger partial charge in [-0.2, -0.15) is 0 Å². The van der Waals surface area contributed by atoms with Crippen LogP contribution in [0.25, 0.3) is 0 Å². The highest BCUT2D eigenvalue weighted by molar-refractivity contribution is 9.10. The lowest BCUT2D eigenvalue weighted by molar-refractivity contribution is 0.241. The van der Waals surface area contributed by atoms with Crippen LogP contribution in [-0.2, 0) is 6.54 Å². The largest absolute Gasteiger partial charge is 0.493 e. The zero-order valence-corrected chi connectivity index (χ0v) is 14.9. The molecular formula is C16H25BrN2O2. The summed E-state index contributed by atoms with van der Waals surface area (Å²) in [4.78, 5) is 2.47. The van der Waals surface area contributed by atoms with Gasteiger partial charge in [-0.05, 0) is 44.5 Å². The van der Waals surface area contributed by atoms with Crippen LogP contribution in [0.1, 0.15) is 25.3 Å². The molecule has 1 fully saturated rings. The lowest BCUT2D eigenvalue weighted by Crippen LogP contribution is -2.38. The Morgan fingerprint density at radius 3 is 2.48 bits per heavy atom. The number of nitrogens with one attached hydrogen (secondary N) is 1. The highest BCUT2D eigenvalue weighted by Gasteiger charge is 2.28. The molecule has 2 rings (SSSR count). The van der Waals surface area contributed by atoms with E-state index in [9.17, 15) is 0 Å². The van der Waals surface area contributed by atoms with E-state index in [1.807, 2.05) is 12.1 Å². The molecule has 118 valence electrons. The first-order valence-corrected chi connectivity index (χ1v) is 8.19. The molecule has 0 saturated heterocycles. The Labute approximate surface area is 135 Å². The number of benzene rings is 1. The zero-order valence-electron chi connectivity index (χ0n) is 13.3. The van der Waals surface area contributed by atoms with E-state index in [4.69, 9.17) is 9.47 Å². The SMILES string of the molecule is COc1cc(Br)c(CNCC(C)N(C)C2CC2)cc1OC. The van der Waals surface area contributed by atoms with Gasteiger partial charge in [-0.25, -0.2) is 0 Å². The maximum absolute atomic E-state index is 5.36. The molecule has 1 aromatic rings. The Kier molecular flexibility index (Phi) is 5.90. The first-order chi connectivity index (χ1) is 10.1. The Morgan fingerprint density at radius 2 is 1.90 bits per heavy atom. The number of likely N-dealkylation sites (N-methyl/N-ethyl adjacent to an activating group) is 1. The zero-order chi connectivity index (χ0) is 15.4. The quantitative estimate of drug-likeness (QED) is 0.776. The summed E-state index contributed by atoms with van der Waals surface area (Å²) in [5.74, 6) is 1.51. The second-order valence-corrected chi connectivity index (χ2v) is 6.53. The predicted octanol–water partition coefficient (Wildman–Crippen LogP) is 3.04. The smallest absolute Gasteiger partial charge is 0.161 e. The second-order valence-electron chi connectivity index (χ2n) is 5.68. The molecule has 0 spiro atoms. The van der Waals surface area contributed by atoms with Crippen LogP contribution in [0.15, 0.2) is 16.6 Å². The van der Waals surface area contributed by atoms with Crippen LogP contribution in [0, 0.1) is 0 Å². The molecule has 0 amide bonds. The van der Waals surface area contributed by atoms with Crippen molar-refractivity contribution >= 4 is 15.9 Å². The summed E-state index contributed by atoms with van der Waals surface area (Å²) in [6.45, 7) is 4.06. The molecule has 1 aliphatic carbocycles. The van der Waals surface area contributed by atoms with Crippen molar-refractivity contribution in [2.45, 2.75) is 38.4 Å². The molecule has 1 atom stereocenters. The fourth-order valence-electron chi connectivity index (χ4n) is 2.43. The normalized spacial score (nSPS) is 16.1. The first-order valence-electron chi connectivity index (χ1n) is 7.39. The maximum atomic E-state index is 5.36. The van der Waals surface area contributed by atoms with Gasteiger partial charge in [0.15, 0.2) is 11.5 Å². The first kappa shape index (κ1) is 16.6. The van der Waals surface area contributed by atoms with Crippen molar-refractivity contribution < 1.29 is 9.47 Å². The second kappa shape index (κ2) is 7.47. The lowest BCUT2D eigenvalue weighted by Gasteiger charge is -2.25. The molecular weight excluding hydrogens is 332 g/mol. The summed E-state index contributed by atoms with van der Waals surface area (Å²) in [6, 6.07) is 5.33. The number of hydrogen-bond acceptors (Lipinski definition) is 4. The van der Waals surface area contributed by atoms with Crippen molar-refractivity contribution in [3.8, 4) is 11.5 Å². The predicted molar refractivity (Wildman–Crippen MR) is 89.2 cm³/mol. The molecule has 0 bridgehead atoms. The van der Waals surface area contributed by atoms with Gasteiger partial charge in [0.1, 0.15) is 0 Å². The van der Waals surface area contributed by atoms with E-state index in [2.05, 4.69) is 40.1 Å². The van der Waals surface area contributed by atoms with Gasteiger partial charge in [-0.3, -0.25) is 4.90 Å². The van der Waals surface area contributed by atoms with Crippen LogP contribution in [0.5, 0.6) is 11.5 Å². The third kappa shape index (κ3) is 4.34. The van der Waals surface area contributed by atoms with E-state index in [0.29, 0.717) is 6.04 Å². The van der Waals surface area contributed by atoms with E-state index in [1.165, 1.54) is 18.4 Å². The number of ether oxygens (including phenoxy) is 2. The lowest BCUT2D eigenvalue weighted by atomic mass is 10.2. The van der Waals surface area contributed by atoms with E-state index >= 15 is 0 Å². The molecule has 1 aliphatic rings. The standard InChI is InChI=1S/C16H25BrN2O2/c1-11(19(2)13-5-6-13)9-18-10-12-7-15(20-3)16(21-4)8-14(12)17/h7-8,11,13,18H,5-6,9-10H2,1-4H3. The molecule has 21 heavy (non-hydrogen) atoms. The van der Waals surface area contributed by atoms with E-state index in [1.54, 1.807) is 14.2 Å². The summed E-state index contributed by atoms with van der Waals surface area (Å²) in [5.41, 5.74) is 1.17. The fourth-order valence-corrected chi connectivity index (χ4v) is 2.90. The van der Waals surface area contributed by atoms with Crippen molar-refractivity contribution in [2.75, 3.05) is 27.8 Å². The number of rotatable bonds is 8. The summed E-state index contributed by atoms with van der Waals surface area (Å²) < 4.78 is 11.7. The molecule has 0 radical (unpaired) electrons. The van der Waals surface area contributed by atoms with E-state index in [-0.39, 0.29) is 0 Å². The number of nitrogens with zero attached hydrogens (tertiary/aromatic N) is 1. The van der Waals surface area contributed by atoms with Crippen LogP contribution in [0.2, 0.25) is 0 Å². The Morgan fingerprint density at radius 1 is 1.29 bits per heavy atom. The Bertz CT molecular complexity index is 478. The summed E-state index contributed by atoms with van der Waals surface area (Å²) in [6.07, 6.45) is 2.70. The molecule has 0 heterocycles. The van der Waals surface area contributed by atoms with Crippen molar-refractivity contribution in [1.82, 2.24) is 10.2 Å². The molecule has 1 N–H and O–H groups in total. The van der Waals surface area contributed by atoms with Crippen LogP contribution in [0.3, 0.4) is 0 Å². The molecule has 1 aromatic carbocycles. The van der Waals surface area contributed by atoms with Crippen molar-refractivity contribution in [2.24, 2.45) is 0 Å². The van der Waals surface area contributed by atoms with Crippen LogP contribution in [0.4, 0.5) is 0 Å². The van der Waals surface area contributed by atoms with Gasteiger partial charge in [-0.1, -0.05) is 15.9 Å². The van der Waals surface area contributed by atoms with Crippen molar-refractivity contribution in [1.29, 1.82) is 0 Å². The molecule has 0 aromatic heterocycles. The average Bonchev–Trinajstić information content (AvgIpc) is 3.32. The summed E-state index contributed by atoms with van der Waals surface area (Å²) >= 11 is 3.59. The molecule has 1 unspecified atom stereocenters. The van der Waals surface area contributed by atoms with Crippen molar-refractivity contribution in [3.63, 3.8) is 0 Å². The third-order valence-electron chi connectivity index (χ3n) is 4.13.